The van der Waals surface area contributed by atoms with Crippen LogP contribution in [0, 0.1) is 5.82 Å². The van der Waals surface area contributed by atoms with Gasteiger partial charge in [0, 0.05) is 23.3 Å². The Morgan fingerprint density at radius 1 is 1.13 bits per heavy atom. The van der Waals surface area contributed by atoms with E-state index in [1.165, 1.54) is 24.8 Å². The van der Waals surface area contributed by atoms with Crippen LogP contribution in [-0.4, -0.2) is 24.2 Å². The lowest BCUT2D eigenvalue weighted by Crippen LogP contribution is -2.09. The highest BCUT2D eigenvalue weighted by Gasteiger charge is 2.08. The smallest absolute Gasteiger partial charge is 0.338 e. The number of nitrogens with one attached hydrogen (secondary N) is 1. The van der Waals surface area contributed by atoms with Crippen molar-refractivity contribution in [2.45, 2.75) is 11.8 Å². The lowest BCUT2D eigenvalue weighted by molar-refractivity contribution is -0.114. The Balaban J connectivity index is 1.78. The van der Waals surface area contributed by atoms with Crippen molar-refractivity contribution in [3.05, 3.63) is 59.9 Å². The highest BCUT2D eigenvalue weighted by atomic mass is 32.2. The monoisotopic (exact) mass is 333 g/mol. The van der Waals surface area contributed by atoms with Gasteiger partial charge in [-0.25, -0.2) is 9.18 Å². The number of carbonyl (C=O) groups is 2. The van der Waals surface area contributed by atoms with Gasteiger partial charge in [0.25, 0.3) is 0 Å². The molecule has 0 aliphatic heterocycles. The minimum Gasteiger partial charge on any atom is -0.461 e. The molecule has 0 aliphatic rings. The Bertz CT molecular complexity index is 688. The Morgan fingerprint density at radius 2 is 1.83 bits per heavy atom. The first kappa shape index (κ1) is 17.0. The number of amides is 1. The minimum atomic E-state index is -0.450. The Labute approximate surface area is 138 Å². The van der Waals surface area contributed by atoms with Crippen molar-refractivity contribution >= 4 is 29.3 Å². The van der Waals surface area contributed by atoms with Crippen LogP contribution in [0.25, 0.3) is 0 Å². The van der Waals surface area contributed by atoms with Gasteiger partial charge in [0.15, 0.2) is 0 Å². The summed E-state index contributed by atoms with van der Waals surface area (Å²) in [4.78, 5) is 23.3. The topological polar surface area (TPSA) is 55.4 Å². The maximum Gasteiger partial charge on any atom is 0.338 e. The van der Waals surface area contributed by atoms with Gasteiger partial charge in [-0.15, -0.1) is 11.8 Å². The van der Waals surface area contributed by atoms with Crippen LogP contribution in [0.2, 0.25) is 0 Å². The zero-order valence-electron chi connectivity index (χ0n) is 12.5. The van der Waals surface area contributed by atoms with Gasteiger partial charge in [0.1, 0.15) is 12.4 Å². The third-order valence-corrected chi connectivity index (χ3v) is 3.86. The molecule has 0 atom stereocenters. The van der Waals surface area contributed by atoms with Crippen molar-refractivity contribution in [1.29, 1.82) is 0 Å². The van der Waals surface area contributed by atoms with Gasteiger partial charge in [-0.3, -0.25) is 4.79 Å². The molecule has 0 saturated carbocycles. The fraction of sp³-hybridized carbons (Fsp3) is 0.176. The third kappa shape index (κ3) is 5.41. The molecule has 1 N–H and O–H groups in total. The quantitative estimate of drug-likeness (QED) is 0.497. The summed E-state index contributed by atoms with van der Waals surface area (Å²) < 4.78 is 18.6. The van der Waals surface area contributed by atoms with E-state index in [4.69, 9.17) is 4.74 Å². The third-order valence-electron chi connectivity index (χ3n) is 2.85. The van der Waals surface area contributed by atoms with Crippen molar-refractivity contribution < 1.29 is 18.7 Å². The maximum atomic E-state index is 13.4. The van der Waals surface area contributed by atoms with Crippen molar-refractivity contribution in [2.24, 2.45) is 0 Å². The van der Waals surface area contributed by atoms with Crippen molar-refractivity contribution in [1.82, 2.24) is 0 Å². The van der Waals surface area contributed by atoms with E-state index in [1.807, 2.05) is 0 Å². The number of hydrogen-bond donors (Lipinski definition) is 1. The molecule has 0 aliphatic carbocycles. The second-order valence-electron chi connectivity index (χ2n) is 4.67. The molecule has 6 heteroatoms. The zero-order chi connectivity index (χ0) is 16.7. The number of esters is 1. The van der Waals surface area contributed by atoms with Crippen molar-refractivity contribution in [3.8, 4) is 0 Å². The van der Waals surface area contributed by atoms with E-state index in [1.54, 1.807) is 42.5 Å². The van der Waals surface area contributed by atoms with Crippen LogP contribution in [-0.2, 0) is 9.53 Å². The van der Waals surface area contributed by atoms with Crippen LogP contribution in [0.5, 0.6) is 0 Å². The van der Waals surface area contributed by atoms with Gasteiger partial charge in [-0.2, -0.15) is 0 Å². The molecule has 2 aromatic rings. The van der Waals surface area contributed by atoms with Crippen LogP contribution in [0.1, 0.15) is 17.3 Å². The number of carbonyl (C=O) groups excluding carboxylic acids is 2. The summed E-state index contributed by atoms with van der Waals surface area (Å²) in [6.07, 6.45) is 0. The summed E-state index contributed by atoms with van der Waals surface area (Å²) in [5, 5.41) is 2.62. The van der Waals surface area contributed by atoms with Gasteiger partial charge in [-0.05, 0) is 36.4 Å². The number of anilines is 1. The summed E-state index contributed by atoms with van der Waals surface area (Å²) >= 11 is 1.29. The molecule has 0 fully saturated rings. The fourth-order valence-corrected chi connectivity index (χ4v) is 2.59. The van der Waals surface area contributed by atoms with Crippen LogP contribution >= 0.6 is 11.8 Å². The largest absolute Gasteiger partial charge is 0.461 e. The van der Waals surface area contributed by atoms with Gasteiger partial charge in [0.05, 0.1) is 5.56 Å². The van der Waals surface area contributed by atoms with Crippen LogP contribution in [0.4, 0.5) is 10.1 Å². The summed E-state index contributed by atoms with van der Waals surface area (Å²) in [6, 6.07) is 12.9. The summed E-state index contributed by atoms with van der Waals surface area (Å²) in [7, 11) is 0. The minimum absolute atomic E-state index is 0.175. The molecule has 0 spiro atoms. The molecule has 0 aromatic heterocycles. The average molecular weight is 333 g/mol. The molecule has 2 aromatic carbocycles. The lowest BCUT2D eigenvalue weighted by atomic mass is 10.2. The van der Waals surface area contributed by atoms with Crippen LogP contribution in [0.15, 0.2) is 53.4 Å². The molecule has 120 valence electrons. The van der Waals surface area contributed by atoms with Gasteiger partial charge < -0.3 is 10.1 Å². The Kier molecular flexibility index (Phi) is 6.17. The van der Waals surface area contributed by atoms with Crippen LogP contribution in [0.3, 0.4) is 0 Å². The number of thioether (sulfide) groups is 1. The van der Waals surface area contributed by atoms with Crippen molar-refractivity contribution in [3.63, 3.8) is 0 Å². The van der Waals surface area contributed by atoms with Gasteiger partial charge in [0.2, 0.25) is 5.91 Å². The maximum absolute atomic E-state index is 13.4. The molecule has 2 rings (SSSR count). The predicted molar refractivity (Wildman–Crippen MR) is 88.2 cm³/mol. The Morgan fingerprint density at radius 3 is 2.48 bits per heavy atom. The summed E-state index contributed by atoms with van der Waals surface area (Å²) in [5.74, 6) is -0.437. The molecule has 23 heavy (non-hydrogen) atoms. The fourth-order valence-electron chi connectivity index (χ4n) is 1.82. The number of halogens is 1. The van der Waals surface area contributed by atoms with E-state index in [9.17, 15) is 14.0 Å². The SMILES string of the molecule is CC(=O)Nc1ccc(C(=O)OCCSc2ccccc2F)cc1. The molecule has 4 nitrogen and oxygen atoms in total. The molecule has 0 radical (unpaired) electrons. The molecular weight excluding hydrogens is 317 g/mol. The second-order valence-corrected chi connectivity index (χ2v) is 5.81. The van der Waals surface area contributed by atoms with E-state index in [0.717, 1.165) is 0 Å². The number of rotatable bonds is 6. The van der Waals surface area contributed by atoms with Gasteiger partial charge in [-0.1, -0.05) is 12.1 Å². The first-order valence-electron chi connectivity index (χ1n) is 6.98. The molecular formula is C17H16FNO3S. The number of hydrogen-bond acceptors (Lipinski definition) is 4. The lowest BCUT2D eigenvalue weighted by Gasteiger charge is -2.06. The van der Waals surface area contributed by atoms with E-state index in [2.05, 4.69) is 5.32 Å². The summed E-state index contributed by atoms with van der Waals surface area (Å²) in [5.41, 5.74) is 1.01. The van der Waals surface area contributed by atoms with Crippen LogP contribution < -0.4 is 5.32 Å². The van der Waals surface area contributed by atoms with E-state index in [0.29, 0.717) is 21.9 Å². The Hall–Kier alpha value is -2.34. The predicted octanol–water partition coefficient (Wildman–Crippen LogP) is 3.73. The van der Waals surface area contributed by atoms with Crippen molar-refractivity contribution in [2.75, 3.05) is 17.7 Å². The highest BCUT2D eigenvalue weighted by molar-refractivity contribution is 7.99. The molecule has 0 unspecified atom stereocenters. The number of benzene rings is 2. The average Bonchev–Trinajstić information content (AvgIpc) is 2.53. The highest BCUT2D eigenvalue weighted by Crippen LogP contribution is 2.20. The first-order chi connectivity index (χ1) is 11.1. The van der Waals surface area contributed by atoms with Gasteiger partial charge >= 0.3 is 5.97 Å². The molecule has 0 saturated heterocycles. The molecule has 0 heterocycles. The molecule has 1 amide bonds. The standard InChI is InChI=1S/C17H16FNO3S/c1-12(20)19-14-8-6-13(7-9-14)17(21)22-10-11-23-16-5-3-2-4-15(16)18/h2-9H,10-11H2,1H3,(H,19,20). The zero-order valence-corrected chi connectivity index (χ0v) is 13.4. The van der Waals surface area contributed by atoms with E-state index < -0.39 is 5.97 Å². The first-order valence-corrected chi connectivity index (χ1v) is 7.97. The normalized spacial score (nSPS) is 10.2. The number of ether oxygens (including phenoxy) is 1. The second kappa shape index (κ2) is 8.33. The van der Waals surface area contributed by atoms with E-state index >= 15 is 0 Å². The van der Waals surface area contributed by atoms with E-state index in [-0.39, 0.29) is 18.3 Å². The molecule has 0 bridgehead atoms. The summed E-state index contributed by atoms with van der Waals surface area (Å²) in [6.45, 7) is 1.60.